The molecule has 2 fully saturated rings. The standard InChI is InChI=1S/C25H25FN4O3S/c1-15-3-7-18(12-20(15)26)25(23-27-14-28-34-23)9-10-30(13-25)24(32)29-21-11-17(16-4-5-16)6-8-19(21)22(31)33-2/h3,6-8,11-12,14,16H,4-5,9-10,13H2,1-2H3,(H,29,32)/t25-/m0/s1. The van der Waals surface area contributed by atoms with Gasteiger partial charge in [0.2, 0.25) is 0 Å². The van der Waals surface area contributed by atoms with Crippen molar-refractivity contribution in [2.45, 2.75) is 37.5 Å². The fourth-order valence-electron chi connectivity index (χ4n) is 4.61. The van der Waals surface area contributed by atoms with Crippen LogP contribution in [0.5, 0.6) is 0 Å². The second-order valence-electron chi connectivity index (χ2n) is 8.97. The van der Waals surface area contributed by atoms with Gasteiger partial charge in [0.25, 0.3) is 0 Å². The Labute approximate surface area is 201 Å². The van der Waals surface area contributed by atoms with E-state index in [0.29, 0.717) is 42.2 Å². The molecule has 0 radical (unpaired) electrons. The maximum Gasteiger partial charge on any atom is 0.339 e. The van der Waals surface area contributed by atoms with Gasteiger partial charge in [0.05, 0.1) is 23.8 Å². The van der Waals surface area contributed by atoms with Crippen LogP contribution in [-0.2, 0) is 10.2 Å². The maximum atomic E-state index is 14.5. The number of hydrogen-bond acceptors (Lipinski definition) is 6. The van der Waals surface area contributed by atoms with E-state index >= 15 is 0 Å². The molecule has 5 rings (SSSR count). The van der Waals surface area contributed by atoms with Crippen LogP contribution in [-0.4, -0.2) is 46.5 Å². The van der Waals surface area contributed by atoms with Gasteiger partial charge >= 0.3 is 12.0 Å². The second kappa shape index (κ2) is 8.79. The summed E-state index contributed by atoms with van der Waals surface area (Å²) in [5.41, 5.74) is 2.55. The van der Waals surface area contributed by atoms with Gasteiger partial charge in [-0.1, -0.05) is 18.2 Å². The van der Waals surface area contributed by atoms with Crippen molar-refractivity contribution in [3.05, 3.63) is 75.8 Å². The number of methoxy groups -OCH3 is 1. The molecule has 2 amide bonds. The lowest BCUT2D eigenvalue weighted by molar-refractivity contribution is 0.0602. The second-order valence-corrected chi connectivity index (χ2v) is 9.75. The molecular formula is C25H25FN4O3S. The third-order valence-corrected chi connectivity index (χ3v) is 7.66. The molecule has 2 heterocycles. The van der Waals surface area contributed by atoms with Gasteiger partial charge in [0.15, 0.2) is 0 Å². The number of esters is 1. The van der Waals surface area contributed by atoms with E-state index in [1.807, 2.05) is 18.2 Å². The minimum absolute atomic E-state index is 0.288. The minimum atomic E-state index is -0.645. The molecule has 2 aromatic carbocycles. The Hall–Kier alpha value is -3.33. The highest BCUT2D eigenvalue weighted by molar-refractivity contribution is 7.05. The monoisotopic (exact) mass is 480 g/mol. The Morgan fingerprint density at radius 3 is 2.74 bits per heavy atom. The molecule has 9 heteroatoms. The summed E-state index contributed by atoms with van der Waals surface area (Å²) in [6.45, 7) is 2.50. The number of nitrogens with zero attached hydrogens (tertiary/aromatic N) is 3. The van der Waals surface area contributed by atoms with Crippen molar-refractivity contribution in [3.63, 3.8) is 0 Å². The van der Waals surface area contributed by atoms with Crippen LogP contribution in [0.15, 0.2) is 42.7 Å². The number of benzene rings is 2. The first-order valence-corrected chi connectivity index (χ1v) is 12.0. The summed E-state index contributed by atoms with van der Waals surface area (Å²) < 4.78 is 23.5. The van der Waals surface area contributed by atoms with Gasteiger partial charge in [0.1, 0.15) is 17.2 Å². The van der Waals surface area contributed by atoms with Crippen molar-refractivity contribution in [2.24, 2.45) is 0 Å². The molecule has 0 spiro atoms. The molecule has 176 valence electrons. The maximum absolute atomic E-state index is 14.5. The zero-order chi connectivity index (χ0) is 23.9. The lowest BCUT2D eigenvalue weighted by atomic mass is 9.80. The highest BCUT2D eigenvalue weighted by atomic mass is 32.1. The van der Waals surface area contributed by atoms with Gasteiger partial charge in [-0.3, -0.25) is 0 Å². The van der Waals surface area contributed by atoms with Crippen molar-refractivity contribution in [3.8, 4) is 0 Å². The first kappa shape index (κ1) is 22.5. The minimum Gasteiger partial charge on any atom is -0.465 e. The van der Waals surface area contributed by atoms with E-state index in [1.54, 1.807) is 24.0 Å². The molecule has 1 aliphatic heterocycles. The Kier molecular flexibility index (Phi) is 5.81. The SMILES string of the molecule is COC(=O)c1ccc(C2CC2)cc1NC(=O)N1CC[C@](c2ccc(C)c(F)c2)(c2ncns2)C1. The first-order chi connectivity index (χ1) is 16.4. The number of likely N-dealkylation sites (tertiary alicyclic amines) is 1. The van der Waals surface area contributed by atoms with Crippen molar-refractivity contribution >= 4 is 29.2 Å². The smallest absolute Gasteiger partial charge is 0.339 e. The number of hydrogen-bond donors (Lipinski definition) is 1. The summed E-state index contributed by atoms with van der Waals surface area (Å²) in [6, 6.07) is 10.4. The Balaban J connectivity index is 1.43. The van der Waals surface area contributed by atoms with Crippen molar-refractivity contribution in [1.82, 2.24) is 14.3 Å². The van der Waals surface area contributed by atoms with E-state index in [1.165, 1.54) is 31.0 Å². The number of aryl methyl sites for hydroxylation is 1. The molecule has 34 heavy (non-hydrogen) atoms. The highest BCUT2D eigenvalue weighted by Crippen LogP contribution is 2.43. The summed E-state index contributed by atoms with van der Waals surface area (Å²) in [7, 11) is 1.32. The molecule has 2 aliphatic rings. The van der Waals surface area contributed by atoms with Crippen LogP contribution >= 0.6 is 11.5 Å². The van der Waals surface area contributed by atoms with Crippen LogP contribution in [0.2, 0.25) is 0 Å². The molecule has 1 aliphatic carbocycles. The average molecular weight is 481 g/mol. The number of nitrogens with one attached hydrogen (secondary N) is 1. The summed E-state index contributed by atoms with van der Waals surface area (Å²) in [6.07, 6.45) is 4.29. The van der Waals surface area contributed by atoms with Crippen molar-refractivity contribution in [1.29, 1.82) is 0 Å². The van der Waals surface area contributed by atoms with Gasteiger partial charge in [-0.05, 0) is 78.5 Å². The largest absolute Gasteiger partial charge is 0.465 e. The number of aromatic nitrogens is 2. The third kappa shape index (κ3) is 4.04. The molecule has 1 saturated heterocycles. The molecular weight excluding hydrogens is 455 g/mol. The van der Waals surface area contributed by atoms with Gasteiger partial charge in [0, 0.05) is 13.1 Å². The predicted molar refractivity (Wildman–Crippen MR) is 127 cm³/mol. The molecule has 1 aromatic heterocycles. The summed E-state index contributed by atoms with van der Waals surface area (Å²) in [4.78, 5) is 31.8. The molecule has 0 bridgehead atoms. The van der Waals surface area contributed by atoms with Crippen LogP contribution in [0.1, 0.15) is 57.2 Å². The number of halogens is 1. The topological polar surface area (TPSA) is 84.4 Å². The van der Waals surface area contributed by atoms with Gasteiger partial charge in [-0.25, -0.2) is 19.0 Å². The Morgan fingerprint density at radius 2 is 2.06 bits per heavy atom. The summed E-state index contributed by atoms with van der Waals surface area (Å²) in [5, 5.41) is 3.67. The molecule has 1 N–H and O–H groups in total. The molecule has 7 nitrogen and oxygen atoms in total. The van der Waals surface area contributed by atoms with E-state index < -0.39 is 11.4 Å². The quantitative estimate of drug-likeness (QED) is 0.527. The molecule has 0 unspecified atom stereocenters. The lowest BCUT2D eigenvalue weighted by Crippen LogP contribution is -2.38. The molecule has 1 saturated carbocycles. The Morgan fingerprint density at radius 1 is 1.24 bits per heavy atom. The zero-order valence-corrected chi connectivity index (χ0v) is 19.8. The first-order valence-electron chi connectivity index (χ1n) is 11.2. The number of amides is 2. The van der Waals surface area contributed by atoms with Crippen LogP contribution in [0.25, 0.3) is 0 Å². The number of carbonyl (C=O) groups excluding carboxylic acids is 2. The Bertz CT molecular complexity index is 1240. The van der Waals surface area contributed by atoms with Gasteiger partial charge < -0.3 is 15.0 Å². The predicted octanol–water partition coefficient (Wildman–Crippen LogP) is 4.87. The number of ether oxygens (including phenoxy) is 1. The number of carbonyl (C=O) groups is 2. The zero-order valence-electron chi connectivity index (χ0n) is 19.0. The molecule has 1 atom stereocenters. The lowest BCUT2D eigenvalue weighted by Gasteiger charge is -2.28. The number of urea groups is 1. The van der Waals surface area contributed by atoms with Crippen LogP contribution in [0, 0.1) is 12.7 Å². The van der Waals surface area contributed by atoms with E-state index in [-0.39, 0.29) is 11.8 Å². The average Bonchev–Trinajstić information content (AvgIpc) is 3.34. The van der Waals surface area contributed by atoms with Crippen LogP contribution < -0.4 is 5.32 Å². The number of rotatable bonds is 5. The third-order valence-electron chi connectivity index (χ3n) is 6.79. The van der Waals surface area contributed by atoms with E-state index in [2.05, 4.69) is 14.7 Å². The fraction of sp³-hybridized carbons (Fsp3) is 0.360. The van der Waals surface area contributed by atoms with Crippen LogP contribution in [0.3, 0.4) is 0 Å². The summed E-state index contributed by atoms with van der Waals surface area (Å²) in [5.74, 6) is -0.322. The van der Waals surface area contributed by atoms with Gasteiger partial charge in [-0.15, -0.1) is 0 Å². The molecule has 3 aromatic rings. The number of anilines is 1. The summed E-state index contributed by atoms with van der Waals surface area (Å²) >= 11 is 1.26. The van der Waals surface area contributed by atoms with E-state index in [9.17, 15) is 14.0 Å². The van der Waals surface area contributed by atoms with Crippen molar-refractivity contribution < 1.29 is 18.7 Å². The fourth-order valence-corrected chi connectivity index (χ4v) is 5.36. The highest BCUT2D eigenvalue weighted by Gasteiger charge is 2.45. The van der Waals surface area contributed by atoms with Gasteiger partial charge in [-0.2, -0.15) is 4.37 Å². The normalized spacial score (nSPS) is 19.8. The van der Waals surface area contributed by atoms with Crippen molar-refractivity contribution in [2.75, 3.05) is 25.5 Å². The van der Waals surface area contributed by atoms with E-state index in [0.717, 1.165) is 29.0 Å². The van der Waals surface area contributed by atoms with E-state index in [4.69, 9.17) is 4.74 Å². The van der Waals surface area contributed by atoms with Crippen LogP contribution in [0.4, 0.5) is 14.9 Å².